The van der Waals surface area contributed by atoms with Crippen LogP contribution in [0.4, 0.5) is 8.78 Å². The molecular formula is C31H37F2O6S2+. The van der Waals surface area contributed by atoms with Crippen LogP contribution in [0.5, 0.6) is 5.75 Å². The molecular weight excluding hydrogens is 570 g/mol. The molecule has 222 valence electrons. The maximum absolute atomic E-state index is 14.0. The monoisotopic (exact) mass is 607 g/mol. The second-order valence-electron chi connectivity index (χ2n) is 11.4. The van der Waals surface area contributed by atoms with E-state index >= 15 is 0 Å². The van der Waals surface area contributed by atoms with Crippen LogP contribution in [-0.4, -0.2) is 37.0 Å². The lowest BCUT2D eigenvalue weighted by atomic mass is 9.87. The van der Waals surface area contributed by atoms with Gasteiger partial charge in [-0.3, -0.25) is 4.55 Å². The molecule has 0 saturated carbocycles. The summed E-state index contributed by atoms with van der Waals surface area (Å²) >= 11 is 0. The Balaban J connectivity index is 1.68. The molecule has 41 heavy (non-hydrogen) atoms. The first-order valence-electron chi connectivity index (χ1n) is 13.4. The first-order chi connectivity index (χ1) is 19.0. The minimum atomic E-state index is -5.62. The molecule has 0 radical (unpaired) electrons. The summed E-state index contributed by atoms with van der Waals surface area (Å²) < 4.78 is 76.4. The second kappa shape index (κ2) is 11.6. The van der Waals surface area contributed by atoms with Crippen molar-refractivity contribution in [1.29, 1.82) is 0 Å². The largest absolute Gasteiger partial charge is 0.483 e. The Kier molecular flexibility index (Phi) is 8.93. The van der Waals surface area contributed by atoms with Crippen molar-refractivity contribution >= 4 is 21.0 Å². The quantitative estimate of drug-likeness (QED) is 0.213. The van der Waals surface area contributed by atoms with Crippen LogP contribution in [0.3, 0.4) is 0 Å². The van der Waals surface area contributed by atoms with Gasteiger partial charge in [-0.2, -0.15) is 17.2 Å². The molecule has 0 aliphatic carbocycles. The first-order valence-corrected chi connectivity index (χ1v) is 16.1. The van der Waals surface area contributed by atoms with Gasteiger partial charge in [-0.05, 0) is 98.8 Å². The zero-order valence-electron chi connectivity index (χ0n) is 24.1. The van der Waals surface area contributed by atoms with E-state index in [1.165, 1.54) is 17.7 Å². The normalized spacial score (nSPS) is 21.7. The molecule has 0 aromatic heterocycles. The van der Waals surface area contributed by atoms with Crippen molar-refractivity contribution in [3.05, 3.63) is 83.9 Å². The van der Waals surface area contributed by atoms with Gasteiger partial charge >= 0.3 is 15.4 Å². The second-order valence-corrected chi connectivity index (χ2v) is 14.9. The van der Waals surface area contributed by atoms with E-state index in [9.17, 15) is 17.2 Å². The average Bonchev–Trinajstić information content (AvgIpc) is 2.89. The molecule has 4 unspecified atom stereocenters. The predicted molar refractivity (Wildman–Crippen MR) is 155 cm³/mol. The molecule has 10 heteroatoms. The molecule has 1 saturated heterocycles. The molecule has 3 aromatic carbocycles. The van der Waals surface area contributed by atoms with Crippen LogP contribution in [0.2, 0.25) is 0 Å². The Bertz CT molecular complexity index is 1440. The van der Waals surface area contributed by atoms with Crippen LogP contribution in [-0.2, 0) is 41.7 Å². The zero-order chi connectivity index (χ0) is 30.2. The molecule has 1 N–H and O–H groups in total. The van der Waals surface area contributed by atoms with E-state index in [-0.39, 0.29) is 17.3 Å². The van der Waals surface area contributed by atoms with Gasteiger partial charge in [-0.15, -0.1) is 0 Å². The smallest absolute Gasteiger partial charge is 0.405 e. The number of alkyl halides is 2. The van der Waals surface area contributed by atoms with Gasteiger partial charge in [0.15, 0.2) is 26.6 Å². The van der Waals surface area contributed by atoms with E-state index in [0.29, 0.717) is 6.61 Å². The topological polar surface area (TPSA) is 82.1 Å². The van der Waals surface area contributed by atoms with Gasteiger partial charge in [0.25, 0.3) is 0 Å². The number of benzene rings is 3. The number of hydrogen-bond acceptors (Lipinski definition) is 5. The van der Waals surface area contributed by atoms with Gasteiger partial charge in [0, 0.05) is 5.56 Å². The standard InChI is InChI=1S/C31H36F2O6S2/c1-21-19-20-37-30(6,39-21)24-9-15-27(16-10-24)40(26-13-7-23(8-14-26)29(3,4)5)28-17-11-25(12-18-28)38-22(2)31(32,33)41(34,35)36/h7-18,21-22H,19-20H2,1-6H3/p+1. The van der Waals surface area contributed by atoms with Crippen molar-refractivity contribution in [2.75, 3.05) is 6.61 Å². The summed E-state index contributed by atoms with van der Waals surface area (Å²) in [5.41, 5.74) is 2.11. The third kappa shape index (κ3) is 6.94. The fraction of sp³-hybridized carbons (Fsp3) is 0.419. The van der Waals surface area contributed by atoms with Crippen LogP contribution in [0, 0.1) is 0 Å². The van der Waals surface area contributed by atoms with E-state index in [2.05, 4.69) is 45.0 Å². The minimum absolute atomic E-state index is 0.00877. The number of hydrogen-bond donors (Lipinski definition) is 1. The third-order valence-corrected chi connectivity index (χ3v) is 10.3. The zero-order valence-corrected chi connectivity index (χ0v) is 25.7. The maximum atomic E-state index is 14.0. The Morgan fingerprint density at radius 1 is 0.951 bits per heavy atom. The SMILES string of the molecule is CC1CCOC(C)(c2ccc([S+](c3ccc(OC(C)C(F)(F)S(=O)(=O)O)cc3)c3ccc(C(C)(C)C)cc3)cc2)O1. The molecule has 1 heterocycles. The molecule has 4 atom stereocenters. The highest BCUT2D eigenvalue weighted by Crippen LogP contribution is 2.37. The fourth-order valence-electron chi connectivity index (χ4n) is 4.58. The van der Waals surface area contributed by atoms with Gasteiger partial charge in [0.2, 0.25) is 0 Å². The van der Waals surface area contributed by atoms with Gasteiger partial charge in [-0.1, -0.05) is 32.9 Å². The summed E-state index contributed by atoms with van der Waals surface area (Å²) in [6, 6.07) is 23.2. The highest BCUT2D eigenvalue weighted by atomic mass is 32.2. The number of ether oxygens (including phenoxy) is 3. The Labute approximate surface area is 244 Å². The van der Waals surface area contributed by atoms with E-state index in [1.54, 1.807) is 12.1 Å². The summed E-state index contributed by atoms with van der Waals surface area (Å²) in [6.45, 7) is 11.9. The van der Waals surface area contributed by atoms with Gasteiger partial charge < -0.3 is 14.2 Å². The van der Waals surface area contributed by atoms with Gasteiger partial charge in [-0.25, -0.2) is 0 Å². The molecule has 1 aliphatic rings. The predicted octanol–water partition coefficient (Wildman–Crippen LogP) is 7.33. The Hall–Kier alpha value is -2.50. The van der Waals surface area contributed by atoms with Crippen molar-refractivity contribution in [3.8, 4) is 5.75 Å². The van der Waals surface area contributed by atoms with Gasteiger partial charge in [0.1, 0.15) is 5.75 Å². The van der Waals surface area contributed by atoms with Crippen molar-refractivity contribution in [1.82, 2.24) is 0 Å². The summed E-state index contributed by atoms with van der Waals surface area (Å²) in [4.78, 5) is 3.01. The Morgan fingerprint density at radius 2 is 1.44 bits per heavy atom. The van der Waals surface area contributed by atoms with Crippen LogP contribution < -0.4 is 4.74 Å². The third-order valence-electron chi connectivity index (χ3n) is 7.09. The molecule has 0 amide bonds. The van der Waals surface area contributed by atoms with Crippen LogP contribution in [0.25, 0.3) is 0 Å². The van der Waals surface area contributed by atoms with E-state index in [1.807, 2.05) is 38.1 Å². The van der Waals surface area contributed by atoms with E-state index in [0.717, 1.165) is 33.6 Å². The molecule has 4 rings (SSSR count). The van der Waals surface area contributed by atoms with Crippen LogP contribution in [0.1, 0.15) is 59.1 Å². The highest BCUT2D eigenvalue weighted by molar-refractivity contribution is 7.97. The van der Waals surface area contributed by atoms with E-state index < -0.39 is 38.2 Å². The molecule has 6 nitrogen and oxygen atoms in total. The lowest BCUT2D eigenvalue weighted by Crippen LogP contribution is -2.42. The lowest BCUT2D eigenvalue weighted by molar-refractivity contribution is -0.288. The van der Waals surface area contributed by atoms with Crippen LogP contribution >= 0.6 is 0 Å². The average molecular weight is 608 g/mol. The van der Waals surface area contributed by atoms with Crippen molar-refractivity contribution in [2.45, 2.75) is 91.3 Å². The molecule has 0 spiro atoms. The first kappa shape index (κ1) is 31.4. The van der Waals surface area contributed by atoms with Crippen molar-refractivity contribution < 1.29 is 36.0 Å². The number of halogens is 2. The van der Waals surface area contributed by atoms with Crippen LogP contribution in [0.15, 0.2) is 87.5 Å². The van der Waals surface area contributed by atoms with Gasteiger partial charge in [0.05, 0.1) is 23.6 Å². The Morgan fingerprint density at radius 3 is 1.90 bits per heavy atom. The molecule has 0 bridgehead atoms. The van der Waals surface area contributed by atoms with Crippen molar-refractivity contribution in [3.63, 3.8) is 0 Å². The highest BCUT2D eigenvalue weighted by Gasteiger charge is 2.51. The summed E-state index contributed by atoms with van der Waals surface area (Å²) in [5, 5.41) is -4.45. The summed E-state index contributed by atoms with van der Waals surface area (Å²) in [6.07, 6.45) is -1.16. The number of rotatable bonds is 8. The molecule has 1 fully saturated rings. The molecule has 3 aromatic rings. The summed E-state index contributed by atoms with van der Waals surface area (Å²) in [7, 11) is -6.18. The fourth-order valence-corrected chi connectivity index (χ4v) is 7.09. The maximum Gasteiger partial charge on any atom is 0.405 e. The summed E-state index contributed by atoms with van der Waals surface area (Å²) in [5.74, 6) is -0.775. The van der Waals surface area contributed by atoms with Crippen molar-refractivity contribution in [2.24, 2.45) is 0 Å². The lowest BCUT2D eigenvalue weighted by Gasteiger charge is -2.37. The minimum Gasteiger partial charge on any atom is -0.483 e. The van der Waals surface area contributed by atoms with E-state index in [4.69, 9.17) is 18.8 Å². The molecule has 1 aliphatic heterocycles.